The van der Waals surface area contributed by atoms with E-state index in [-0.39, 0.29) is 36.4 Å². The molecule has 8 nitrogen and oxygen atoms in total. The van der Waals surface area contributed by atoms with E-state index in [1.54, 1.807) is 6.20 Å². The van der Waals surface area contributed by atoms with Crippen molar-refractivity contribution in [1.82, 2.24) is 20.5 Å². The number of ether oxygens (including phenoxy) is 1. The third kappa shape index (κ3) is 5.46. The molecule has 0 aromatic carbocycles. The Labute approximate surface area is 171 Å². The van der Waals surface area contributed by atoms with Crippen LogP contribution in [0.25, 0.3) is 0 Å². The molecule has 1 atom stereocenters. The average molecular weight is 402 g/mol. The van der Waals surface area contributed by atoms with Crippen LogP contribution in [-0.2, 0) is 14.3 Å². The molecule has 1 aromatic heterocycles. The fourth-order valence-electron chi connectivity index (χ4n) is 4.03. The van der Waals surface area contributed by atoms with Gasteiger partial charge in [-0.15, -0.1) is 0 Å². The van der Waals surface area contributed by atoms with Crippen LogP contribution in [0.1, 0.15) is 56.3 Å². The summed E-state index contributed by atoms with van der Waals surface area (Å²) in [4.78, 5) is 42.2. The molecule has 1 aliphatic carbocycles. The number of hydrogen-bond acceptors (Lipinski definition) is 5. The van der Waals surface area contributed by atoms with Crippen LogP contribution in [-0.4, -0.2) is 53.5 Å². The second-order valence-corrected chi connectivity index (χ2v) is 7.83. The first kappa shape index (κ1) is 21.1. The molecule has 1 aliphatic heterocycles. The molecule has 8 heteroatoms. The molecule has 3 amide bonds. The molecule has 1 saturated heterocycles. The van der Waals surface area contributed by atoms with Crippen molar-refractivity contribution in [2.45, 2.75) is 58.0 Å². The third-order valence-electron chi connectivity index (χ3n) is 5.75. The highest BCUT2D eigenvalue weighted by atomic mass is 16.6. The summed E-state index contributed by atoms with van der Waals surface area (Å²) in [7, 11) is 0. The lowest BCUT2D eigenvalue weighted by Crippen LogP contribution is -2.45. The van der Waals surface area contributed by atoms with E-state index < -0.39 is 6.09 Å². The van der Waals surface area contributed by atoms with Crippen LogP contribution in [0.5, 0.6) is 0 Å². The summed E-state index contributed by atoms with van der Waals surface area (Å²) in [5, 5.41) is 6.14. The van der Waals surface area contributed by atoms with Crippen LogP contribution in [0.2, 0.25) is 0 Å². The van der Waals surface area contributed by atoms with Gasteiger partial charge < -0.3 is 15.4 Å². The van der Waals surface area contributed by atoms with Crippen molar-refractivity contribution in [2.24, 2.45) is 5.92 Å². The zero-order chi connectivity index (χ0) is 20.8. The summed E-state index contributed by atoms with van der Waals surface area (Å²) in [5.74, 6) is -0.158. The molecule has 0 bridgehead atoms. The minimum absolute atomic E-state index is 0.0286. The number of hydrogen-bond donors (Lipinski definition) is 2. The monoisotopic (exact) mass is 402 g/mol. The Balaban J connectivity index is 1.44. The van der Waals surface area contributed by atoms with Crippen molar-refractivity contribution in [3.8, 4) is 0 Å². The Kier molecular flexibility index (Phi) is 7.06. The summed E-state index contributed by atoms with van der Waals surface area (Å²) < 4.78 is 4.83. The highest BCUT2D eigenvalue weighted by Crippen LogP contribution is 2.26. The van der Waals surface area contributed by atoms with Crippen molar-refractivity contribution in [1.29, 1.82) is 0 Å². The maximum absolute atomic E-state index is 12.8. The van der Waals surface area contributed by atoms with Gasteiger partial charge in [0.2, 0.25) is 11.8 Å². The van der Waals surface area contributed by atoms with Gasteiger partial charge in [0.15, 0.2) is 0 Å². The fraction of sp³-hybridized carbons (Fsp3) is 0.619. The molecule has 1 saturated carbocycles. The number of carbonyl (C=O) groups is 3. The normalized spacial score (nSPS) is 22.7. The Morgan fingerprint density at radius 1 is 1.31 bits per heavy atom. The van der Waals surface area contributed by atoms with Gasteiger partial charge >= 0.3 is 6.09 Å². The zero-order valence-corrected chi connectivity index (χ0v) is 17.1. The maximum Gasteiger partial charge on any atom is 0.410 e. The number of nitrogens with zero attached hydrogens (tertiary/aromatic N) is 2. The molecule has 2 aliphatic rings. The van der Waals surface area contributed by atoms with Crippen molar-refractivity contribution in [3.63, 3.8) is 0 Å². The molecule has 2 fully saturated rings. The molecular formula is C21H30N4O4. The van der Waals surface area contributed by atoms with E-state index in [1.807, 2.05) is 26.0 Å². The fourth-order valence-corrected chi connectivity index (χ4v) is 4.03. The van der Waals surface area contributed by atoms with Crippen LogP contribution in [0.15, 0.2) is 18.3 Å². The number of amides is 3. The second-order valence-electron chi connectivity index (χ2n) is 7.83. The molecular weight excluding hydrogens is 372 g/mol. The highest BCUT2D eigenvalue weighted by Gasteiger charge is 2.30. The quantitative estimate of drug-likeness (QED) is 0.727. The topological polar surface area (TPSA) is 101 Å². The largest absolute Gasteiger partial charge is 0.448 e. The molecule has 2 heterocycles. The average Bonchev–Trinajstić information content (AvgIpc) is 3.11. The first-order valence-corrected chi connectivity index (χ1v) is 10.4. The van der Waals surface area contributed by atoms with Crippen LogP contribution in [0.4, 0.5) is 4.79 Å². The number of aromatic nitrogens is 1. The van der Waals surface area contributed by atoms with Crippen LogP contribution < -0.4 is 10.6 Å². The van der Waals surface area contributed by atoms with E-state index in [9.17, 15) is 14.4 Å². The lowest BCUT2D eigenvalue weighted by Gasteiger charge is -2.30. The van der Waals surface area contributed by atoms with Gasteiger partial charge in [0, 0.05) is 18.2 Å². The summed E-state index contributed by atoms with van der Waals surface area (Å²) in [6.45, 7) is 4.87. The standard InChI is InChI=1S/C21H30N4O4/c1-3-17(19-14(2)5-4-10-22-19)24-20(27)15-6-8-16(9-7-15)23-18(26)13-25-11-12-29-21(25)28/h4-5,10,15-17H,3,6-9,11-13H2,1-2H3,(H,23,26)(H,24,27). The van der Waals surface area contributed by atoms with Crippen molar-refractivity contribution >= 4 is 17.9 Å². The van der Waals surface area contributed by atoms with Gasteiger partial charge in [-0.05, 0) is 50.7 Å². The van der Waals surface area contributed by atoms with E-state index in [4.69, 9.17) is 4.74 Å². The summed E-state index contributed by atoms with van der Waals surface area (Å²) in [6, 6.07) is 3.87. The molecule has 1 unspecified atom stereocenters. The van der Waals surface area contributed by atoms with Gasteiger partial charge in [0.05, 0.1) is 18.3 Å². The summed E-state index contributed by atoms with van der Waals surface area (Å²) >= 11 is 0. The van der Waals surface area contributed by atoms with Gasteiger partial charge in [0.1, 0.15) is 13.2 Å². The molecule has 29 heavy (non-hydrogen) atoms. The summed E-state index contributed by atoms with van der Waals surface area (Å²) in [5.41, 5.74) is 2.00. The van der Waals surface area contributed by atoms with Gasteiger partial charge in [-0.1, -0.05) is 13.0 Å². The van der Waals surface area contributed by atoms with E-state index >= 15 is 0 Å². The zero-order valence-electron chi connectivity index (χ0n) is 17.1. The molecule has 158 valence electrons. The molecule has 0 spiro atoms. The van der Waals surface area contributed by atoms with Crippen LogP contribution in [0.3, 0.4) is 0 Å². The predicted octanol–water partition coefficient (Wildman–Crippen LogP) is 2.08. The highest BCUT2D eigenvalue weighted by molar-refractivity contribution is 5.83. The molecule has 2 N–H and O–H groups in total. The third-order valence-corrected chi connectivity index (χ3v) is 5.75. The minimum atomic E-state index is -0.436. The van der Waals surface area contributed by atoms with Crippen molar-refractivity contribution in [2.75, 3.05) is 19.7 Å². The van der Waals surface area contributed by atoms with Crippen LogP contribution >= 0.6 is 0 Å². The predicted molar refractivity (Wildman–Crippen MR) is 107 cm³/mol. The van der Waals surface area contributed by atoms with Gasteiger partial charge in [-0.25, -0.2) is 4.79 Å². The molecule has 3 rings (SSSR count). The Morgan fingerprint density at radius 3 is 2.69 bits per heavy atom. The minimum Gasteiger partial charge on any atom is -0.448 e. The number of aryl methyl sites for hydroxylation is 1. The number of pyridine rings is 1. The lowest BCUT2D eigenvalue weighted by atomic mass is 9.85. The van der Waals surface area contributed by atoms with E-state index in [1.165, 1.54) is 4.90 Å². The molecule has 0 radical (unpaired) electrons. The number of cyclic esters (lactones) is 1. The van der Waals surface area contributed by atoms with Crippen LogP contribution in [0, 0.1) is 12.8 Å². The van der Waals surface area contributed by atoms with Gasteiger partial charge in [-0.3, -0.25) is 19.5 Å². The number of carbonyl (C=O) groups excluding carboxylic acids is 3. The number of nitrogens with one attached hydrogen (secondary N) is 2. The van der Waals surface area contributed by atoms with Gasteiger partial charge in [0.25, 0.3) is 0 Å². The first-order chi connectivity index (χ1) is 14.0. The Hall–Kier alpha value is -2.64. The Bertz CT molecular complexity index is 746. The SMILES string of the molecule is CCC(NC(=O)C1CCC(NC(=O)CN2CCOC2=O)CC1)c1ncccc1C. The molecule has 1 aromatic rings. The van der Waals surface area contributed by atoms with Crippen molar-refractivity contribution < 1.29 is 19.1 Å². The van der Waals surface area contributed by atoms with Crippen molar-refractivity contribution in [3.05, 3.63) is 29.6 Å². The number of rotatable bonds is 7. The smallest absolute Gasteiger partial charge is 0.410 e. The van der Waals surface area contributed by atoms with E-state index in [0.717, 1.165) is 43.4 Å². The van der Waals surface area contributed by atoms with E-state index in [0.29, 0.717) is 13.2 Å². The summed E-state index contributed by atoms with van der Waals surface area (Å²) in [6.07, 6.45) is 5.09. The van der Waals surface area contributed by atoms with Gasteiger partial charge in [-0.2, -0.15) is 0 Å². The second kappa shape index (κ2) is 9.71. The Morgan fingerprint density at radius 2 is 2.07 bits per heavy atom. The van der Waals surface area contributed by atoms with E-state index in [2.05, 4.69) is 15.6 Å². The lowest BCUT2D eigenvalue weighted by molar-refractivity contribution is -0.127. The first-order valence-electron chi connectivity index (χ1n) is 10.4. The maximum atomic E-state index is 12.8.